The van der Waals surface area contributed by atoms with Crippen molar-refractivity contribution in [3.05, 3.63) is 35.1 Å². The number of rotatable bonds is 6. The van der Waals surface area contributed by atoms with Gasteiger partial charge in [-0.3, -0.25) is 5.41 Å². The Hall–Kier alpha value is -1.47. The van der Waals surface area contributed by atoms with Gasteiger partial charge in [0.05, 0.1) is 5.75 Å². The topological polar surface area (TPSA) is 87.2 Å². The van der Waals surface area contributed by atoms with Crippen LogP contribution in [0.1, 0.15) is 11.1 Å². The molecule has 0 saturated carbocycles. The van der Waals surface area contributed by atoms with Gasteiger partial charge in [-0.2, -0.15) is 0 Å². The molecule has 0 aliphatic carbocycles. The lowest BCUT2D eigenvalue weighted by Gasteiger charge is -2.18. The molecule has 0 radical (unpaired) electrons. The molecule has 0 aromatic heterocycles. The van der Waals surface area contributed by atoms with Gasteiger partial charge >= 0.3 is 0 Å². The average molecular weight is 287 g/mol. The fraction of sp³-hybridized carbons (Fsp3) is 0.417. The summed E-state index contributed by atoms with van der Waals surface area (Å²) in [5.41, 5.74) is 6.44. The number of nitrogens with zero attached hydrogens (tertiary/aromatic N) is 1. The third-order valence-corrected chi connectivity index (χ3v) is 3.57. The Balaban J connectivity index is 2.79. The summed E-state index contributed by atoms with van der Waals surface area (Å²) in [6.45, 7) is 0.776. The molecule has 0 saturated heterocycles. The minimum absolute atomic E-state index is 0.0557. The molecule has 19 heavy (non-hydrogen) atoms. The van der Waals surface area contributed by atoms with Crippen LogP contribution in [0.5, 0.6) is 0 Å². The van der Waals surface area contributed by atoms with Crippen LogP contribution in [0.15, 0.2) is 18.2 Å². The summed E-state index contributed by atoms with van der Waals surface area (Å²) in [6, 6.07) is 4.07. The number of nitrogen functional groups attached to an aromatic ring is 1. The van der Waals surface area contributed by atoms with Crippen LogP contribution in [-0.4, -0.2) is 44.8 Å². The second-order valence-corrected chi connectivity index (χ2v) is 6.84. The Morgan fingerprint density at radius 2 is 2.11 bits per heavy atom. The smallest absolute Gasteiger partial charge is 0.148 e. The maximum Gasteiger partial charge on any atom is 0.148 e. The van der Waals surface area contributed by atoms with Gasteiger partial charge in [-0.25, -0.2) is 12.8 Å². The second kappa shape index (κ2) is 6.12. The third-order valence-electron chi connectivity index (χ3n) is 2.65. The van der Waals surface area contributed by atoms with Crippen LogP contribution in [0.25, 0.3) is 0 Å². The van der Waals surface area contributed by atoms with E-state index in [4.69, 9.17) is 11.1 Å². The molecule has 0 aliphatic rings. The first-order valence-electron chi connectivity index (χ1n) is 5.68. The lowest BCUT2D eigenvalue weighted by atomic mass is 10.1. The highest BCUT2D eigenvalue weighted by Crippen LogP contribution is 2.13. The maximum atomic E-state index is 13.1. The minimum Gasteiger partial charge on any atom is -0.384 e. The summed E-state index contributed by atoms with van der Waals surface area (Å²) in [5, 5.41) is 7.42. The number of nitrogens with one attached hydrogen (secondary N) is 1. The Morgan fingerprint density at radius 3 is 2.63 bits per heavy atom. The van der Waals surface area contributed by atoms with Gasteiger partial charge in [-0.15, -0.1) is 0 Å². The van der Waals surface area contributed by atoms with E-state index in [9.17, 15) is 12.8 Å². The van der Waals surface area contributed by atoms with E-state index in [2.05, 4.69) is 0 Å². The zero-order valence-electron chi connectivity index (χ0n) is 11.0. The van der Waals surface area contributed by atoms with Gasteiger partial charge in [0, 0.05) is 24.9 Å². The highest BCUT2D eigenvalue weighted by molar-refractivity contribution is 7.90. The largest absolute Gasteiger partial charge is 0.384 e. The van der Waals surface area contributed by atoms with E-state index in [1.165, 1.54) is 18.4 Å². The Labute approximate surface area is 112 Å². The molecule has 3 N–H and O–H groups in total. The van der Waals surface area contributed by atoms with E-state index >= 15 is 0 Å². The van der Waals surface area contributed by atoms with Crippen LogP contribution < -0.4 is 5.73 Å². The van der Waals surface area contributed by atoms with Crippen LogP contribution in [0, 0.1) is 11.2 Å². The molecule has 7 heteroatoms. The van der Waals surface area contributed by atoms with Gasteiger partial charge in [0.25, 0.3) is 0 Å². The molecular weight excluding hydrogens is 269 g/mol. The molecule has 0 aliphatic heterocycles. The van der Waals surface area contributed by atoms with Gasteiger partial charge in [0.15, 0.2) is 0 Å². The zero-order valence-corrected chi connectivity index (χ0v) is 11.8. The van der Waals surface area contributed by atoms with E-state index in [0.717, 1.165) is 0 Å². The number of halogens is 1. The Morgan fingerprint density at radius 1 is 1.47 bits per heavy atom. The van der Waals surface area contributed by atoms with Crippen molar-refractivity contribution in [3.63, 3.8) is 0 Å². The van der Waals surface area contributed by atoms with E-state index in [1.807, 2.05) is 0 Å². The minimum atomic E-state index is -3.01. The highest BCUT2D eigenvalue weighted by atomic mass is 32.2. The number of hydrogen-bond donors (Lipinski definition) is 2. The van der Waals surface area contributed by atoms with Crippen LogP contribution >= 0.6 is 0 Å². The molecule has 1 aromatic rings. The summed E-state index contributed by atoms with van der Waals surface area (Å²) in [5.74, 6) is -0.598. The third kappa shape index (κ3) is 5.35. The predicted molar refractivity (Wildman–Crippen MR) is 73.5 cm³/mol. The summed E-state index contributed by atoms with van der Waals surface area (Å²) in [4.78, 5) is 1.79. The molecule has 0 spiro atoms. The Bertz CT molecular complexity index is 572. The van der Waals surface area contributed by atoms with E-state index < -0.39 is 15.7 Å². The lowest BCUT2D eigenvalue weighted by molar-refractivity contribution is 0.346. The fourth-order valence-electron chi connectivity index (χ4n) is 1.63. The lowest BCUT2D eigenvalue weighted by Crippen LogP contribution is -2.26. The standard InChI is InChI=1S/C12H18FN3O2S/c1-16(5-6-19(2,17)18)8-9-3-4-10(13)7-11(9)12(14)15/h3-4,7H,5-6,8H2,1-2H3,(H3,14,15). The van der Waals surface area contributed by atoms with E-state index in [-0.39, 0.29) is 11.6 Å². The quantitative estimate of drug-likeness (QED) is 0.592. The first kappa shape index (κ1) is 15.6. The van der Waals surface area contributed by atoms with Crippen LogP contribution in [0.4, 0.5) is 4.39 Å². The van der Waals surface area contributed by atoms with Crippen molar-refractivity contribution >= 4 is 15.7 Å². The average Bonchev–Trinajstić information content (AvgIpc) is 2.28. The van der Waals surface area contributed by atoms with Gasteiger partial charge in [-0.1, -0.05) is 6.07 Å². The summed E-state index contributed by atoms with van der Waals surface area (Å²) < 4.78 is 35.3. The van der Waals surface area contributed by atoms with Crippen molar-refractivity contribution in [1.29, 1.82) is 5.41 Å². The highest BCUT2D eigenvalue weighted by Gasteiger charge is 2.11. The molecule has 1 rings (SSSR count). The monoisotopic (exact) mass is 287 g/mol. The van der Waals surface area contributed by atoms with Crippen molar-refractivity contribution in [2.24, 2.45) is 5.73 Å². The van der Waals surface area contributed by atoms with Gasteiger partial charge in [0.2, 0.25) is 0 Å². The summed E-state index contributed by atoms with van der Waals surface area (Å²) >= 11 is 0. The van der Waals surface area contributed by atoms with Crippen molar-refractivity contribution in [2.75, 3.05) is 25.6 Å². The molecule has 0 atom stereocenters. The molecule has 0 unspecified atom stereocenters. The van der Waals surface area contributed by atoms with Gasteiger partial charge in [-0.05, 0) is 24.7 Å². The van der Waals surface area contributed by atoms with Crippen LogP contribution in [0.3, 0.4) is 0 Å². The Kier molecular flexibility index (Phi) is 5.02. The zero-order chi connectivity index (χ0) is 14.6. The molecule has 106 valence electrons. The number of sulfone groups is 1. The fourth-order valence-corrected chi connectivity index (χ4v) is 2.27. The van der Waals surface area contributed by atoms with Crippen molar-refractivity contribution in [2.45, 2.75) is 6.54 Å². The summed E-state index contributed by atoms with van der Waals surface area (Å²) in [7, 11) is -1.25. The SMILES string of the molecule is CN(CCS(C)(=O)=O)Cc1ccc(F)cc1C(=N)N. The molecule has 0 heterocycles. The van der Waals surface area contributed by atoms with Crippen molar-refractivity contribution in [3.8, 4) is 0 Å². The molecule has 0 bridgehead atoms. The predicted octanol–water partition coefficient (Wildman–Crippen LogP) is 0.586. The number of hydrogen-bond acceptors (Lipinski definition) is 4. The number of amidine groups is 1. The first-order chi connectivity index (χ1) is 8.69. The van der Waals surface area contributed by atoms with E-state index in [0.29, 0.717) is 24.2 Å². The summed E-state index contributed by atoms with van der Waals surface area (Å²) in [6.07, 6.45) is 1.18. The molecule has 5 nitrogen and oxygen atoms in total. The molecule has 0 fully saturated rings. The molecule has 1 aromatic carbocycles. The maximum absolute atomic E-state index is 13.1. The van der Waals surface area contributed by atoms with Gasteiger partial charge < -0.3 is 10.6 Å². The normalized spacial score (nSPS) is 11.8. The van der Waals surface area contributed by atoms with Crippen molar-refractivity contribution in [1.82, 2.24) is 4.90 Å². The van der Waals surface area contributed by atoms with Crippen LogP contribution in [-0.2, 0) is 16.4 Å². The number of nitrogens with two attached hydrogens (primary N) is 1. The second-order valence-electron chi connectivity index (χ2n) is 4.58. The van der Waals surface area contributed by atoms with Crippen molar-refractivity contribution < 1.29 is 12.8 Å². The molecule has 0 amide bonds. The van der Waals surface area contributed by atoms with Crippen LogP contribution in [0.2, 0.25) is 0 Å². The first-order valence-corrected chi connectivity index (χ1v) is 7.74. The van der Waals surface area contributed by atoms with E-state index in [1.54, 1.807) is 18.0 Å². The molecular formula is C12H18FN3O2S. The van der Waals surface area contributed by atoms with Gasteiger partial charge in [0.1, 0.15) is 21.5 Å². The number of benzene rings is 1.